The fourth-order valence-corrected chi connectivity index (χ4v) is 4.17. The van der Waals surface area contributed by atoms with Gasteiger partial charge < -0.3 is 15.7 Å². The van der Waals surface area contributed by atoms with Crippen molar-refractivity contribution in [2.75, 3.05) is 5.32 Å². The van der Waals surface area contributed by atoms with Crippen molar-refractivity contribution in [1.29, 1.82) is 0 Å². The first-order chi connectivity index (χ1) is 15.9. The molecular formula is C26H30N4O3. The second kappa shape index (κ2) is 9.10. The number of phenols is 1. The van der Waals surface area contributed by atoms with Crippen LogP contribution in [-0.4, -0.2) is 26.6 Å². The Bertz CT molecular complexity index is 1230. The maximum absolute atomic E-state index is 13.5. The monoisotopic (exact) mass is 446 g/mol. The van der Waals surface area contributed by atoms with E-state index in [2.05, 4.69) is 15.6 Å². The lowest BCUT2D eigenvalue weighted by molar-refractivity contribution is 0.0951. The molecule has 1 aliphatic rings. The molecule has 1 fully saturated rings. The summed E-state index contributed by atoms with van der Waals surface area (Å²) in [5.74, 6) is 0.238. The molecule has 3 N–H and O–H groups in total. The van der Waals surface area contributed by atoms with Gasteiger partial charge in [0.05, 0.1) is 11.2 Å². The summed E-state index contributed by atoms with van der Waals surface area (Å²) in [5.41, 5.74) is 1.78. The van der Waals surface area contributed by atoms with Crippen molar-refractivity contribution in [3.05, 3.63) is 81.9 Å². The molecule has 0 spiro atoms. The summed E-state index contributed by atoms with van der Waals surface area (Å²) in [5, 5.41) is 16.8. The van der Waals surface area contributed by atoms with Gasteiger partial charge in [-0.2, -0.15) is 0 Å². The van der Waals surface area contributed by atoms with Crippen LogP contribution in [0.15, 0.2) is 59.7 Å². The molecular weight excluding hydrogens is 416 g/mol. The molecule has 172 valence electrons. The van der Waals surface area contributed by atoms with Gasteiger partial charge in [0.15, 0.2) is 5.82 Å². The largest absolute Gasteiger partial charge is 0.508 e. The third-order valence-electron chi connectivity index (χ3n) is 6.47. The fraction of sp³-hybridized carbons (Fsp3) is 0.346. The number of amides is 1. The number of carbonyl (C=O) groups excluding carboxylic acids is 1. The standard InChI is InChI=1S/C26H30N4O3/c1-4-26(5-2,20-8-6-7-9-22(20)31)29-23-25(33)30(15-14-27-23)21-16-18(11-10-17(21)3)24(32)28-19-12-13-19/h6-11,14-16,19,31H,4-5,12-13H2,1-3H3,(H,27,29)(H,28,32). The molecule has 33 heavy (non-hydrogen) atoms. The van der Waals surface area contributed by atoms with Gasteiger partial charge in [-0.05, 0) is 56.4 Å². The topological polar surface area (TPSA) is 96.3 Å². The zero-order chi connectivity index (χ0) is 23.6. The van der Waals surface area contributed by atoms with Crippen molar-refractivity contribution in [2.24, 2.45) is 0 Å². The van der Waals surface area contributed by atoms with E-state index in [4.69, 9.17) is 0 Å². The Morgan fingerprint density at radius 2 is 1.91 bits per heavy atom. The Labute approximate surface area is 193 Å². The average molecular weight is 447 g/mol. The van der Waals surface area contributed by atoms with Crippen LogP contribution in [-0.2, 0) is 5.54 Å². The molecule has 1 amide bonds. The lowest BCUT2D eigenvalue weighted by atomic mass is 9.84. The van der Waals surface area contributed by atoms with Crippen LogP contribution in [0.2, 0.25) is 0 Å². The molecule has 2 aromatic carbocycles. The summed E-state index contributed by atoms with van der Waals surface area (Å²) in [6, 6.07) is 12.8. The van der Waals surface area contributed by atoms with E-state index in [1.54, 1.807) is 36.7 Å². The second-order valence-electron chi connectivity index (χ2n) is 8.63. The third kappa shape index (κ3) is 4.49. The minimum absolute atomic E-state index is 0.130. The van der Waals surface area contributed by atoms with E-state index in [9.17, 15) is 14.7 Å². The van der Waals surface area contributed by atoms with Crippen LogP contribution >= 0.6 is 0 Å². The van der Waals surface area contributed by atoms with Crippen molar-refractivity contribution in [3.63, 3.8) is 0 Å². The number of para-hydroxylation sites is 1. The summed E-state index contributed by atoms with van der Waals surface area (Å²) in [4.78, 5) is 30.4. The van der Waals surface area contributed by atoms with Gasteiger partial charge in [-0.15, -0.1) is 0 Å². The van der Waals surface area contributed by atoms with E-state index in [-0.39, 0.29) is 29.1 Å². The van der Waals surface area contributed by atoms with Crippen molar-refractivity contribution in [3.8, 4) is 11.4 Å². The molecule has 1 saturated carbocycles. The predicted molar refractivity (Wildman–Crippen MR) is 129 cm³/mol. The number of carbonyl (C=O) groups is 1. The van der Waals surface area contributed by atoms with E-state index >= 15 is 0 Å². The van der Waals surface area contributed by atoms with E-state index < -0.39 is 5.54 Å². The van der Waals surface area contributed by atoms with Crippen molar-refractivity contribution >= 4 is 11.7 Å². The number of anilines is 1. The number of aryl methyl sites for hydroxylation is 1. The molecule has 3 aromatic rings. The number of nitrogens with zero attached hydrogens (tertiary/aromatic N) is 2. The second-order valence-corrected chi connectivity index (χ2v) is 8.63. The van der Waals surface area contributed by atoms with Crippen LogP contribution in [0.5, 0.6) is 5.75 Å². The number of phenolic OH excluding ortho intramolecular Hbond substituents is 1. The van der Waals surface area contributed by atoms with E-state index in [1.807, 2.05) is 39.0 Å². The Kier molecular flexibility index (Phi) is 6.22. The van der Waals surface area contributed by atoms with Gasteiger partial charge in [0, 0.05) is 29.6 Å². The van der Waals surface area contributed by atoms with Crippen molar-refractivity contribution in [1.82, 2.24) is 14.9 Å². The highest BCUT2D eigenvalue weighted by molar-refractivity contribution is 5.95. The number of nitrogens with one attached hydrogen (secondary N) is 2. The zero-order valence-corrected chi connectivity index (χ0v) is 19.3. The quantitative estimate of drug-likeness (QED) is 0.480. The number of hydrogen-bond donors (Lipinski definition) is 3. The highest BCUT2D eigenvalue weighted by Crippen LogP contribution is 2.37. The Balaban J connectivity index is 1.73. The number of aromatic nitrogens is 2. The van der Waals surface area contributed by atoms with Gasteiger partial charge >= 0.3 is 0 Å². The van der Waals surface area contributed by atoms with Crippen LogP contribution in [0, 0.1) is 6.92 Å². The lowest BCUT2D eigenvalue weighted by Crippen LogP contribution is -2.38. The molecule has 0 bridgehead atoms. The molecule has 0 radical (unpaired) electrons. The van der Waals surface area contributed by atoms with Gasteiger partial charge in [-0.3, -0.25) is 14.2 Å². The van der Waals surface area contributed by atoms with Gasteiger partial charge in [-0.1, -0.05) is 38.1 Å². The Morgan fingerprint density at radius 1 is 1.18 bits per heavy atom. The summed E-state index contributed by atoms with van der Waals surface area (Å²) in [6.45, 7) is 5.93. The number of aromatic hydroxyl groups is 1. The molecule has 0 unspecified atom stereocenters. The van der Waals surface area contributed by atoms with Crippen LogP contribution in [0.25, 0.3) is 5.69 Å². The highest BCUT2D eigenvalue weighted by Gasteiger charge is 2.32. The molecule has 1 aliphatic carbocycles. The first-order valence-corrected chi connectivity index (χ1v) is 11.4. The van der Waals surface area contributed by atoms with Crippen molar-refractivity contribution in [2.45, 2.75) is 58.0 Å². The maximum Gasteiger partial charge on any atom is 0.297 e. The highest BCUT2D eigenvalue weighted by atomic mass is 16.3. The molecule has 4 rings (SSSR count). The molecule has 1 aromatic heterocycles. The summed E-state index contributed by atoms with van der Waals surface area (Å²) < 4.78 is 1.51. The maximum atomic E-state index is 13.5. The molecule has 0 aliphatic heterocycles. The van der Waals surface area contributed by atoms with Gasteiger partial charge in [-0.25, -0.2) is 4.98 Å². The van der Waals surface area contributed by atoms with Crippen molar-refractivity contribution < 1.29 is 9.90 Å². The van der Waals surface area contributed by atoms with E-state index in [1.165, 1.54) is 4.57 Å². The minimum atomic E-state index is -0.655. The Hall–Kier alpha value is -3.61. The zero-order valence-electron chi connectivity index (χ0n) is 19.3. The number of benzene rings is 2. The van der Waals surface area contributed by atoms with Crippen LogP contribution in [0.4, 0.5) is 5.82 Å². The van der Waals surface area contributed by atoms with E-state index in [0.29, 0.717) is 24.1 Å². The Morgan fingerprint density at radius 3 is 2.58 bits per heavy atom. The third-order valence-corrected chi connectivity index (χ3v) is 6.47. The number of hydrogen-bond acceptors (Lipinski definition) is 5. The fourth-order valence-electron chi connectivity index (χ4n) is 4.17. The predicted octanol–water partition coefficient (Wildman–Crippen LogP) is 4.27. The van der Waals surface area contributed by atoms with E-state index in [0.717, 1.165) is 24.0 Å². The average Bonchev–Trinajstić information content (AvgIpc) is 3.64. The molecule has 1 heterocycles. The molecule has 7 nitrogen and oxygen atoms in total. The SMILES string of the molecule is CCC(CC)(Nc1nccn(-c2cc(C(=O)NC3CC3)ccc2C)c1=O)c1ccccc1O. The van der Waals surface area contributed by atoms with Crippen LogP contribution < -0.4 is 16.2 Å². The first-order valence-electron chi connectivity index (χ1n) is 11.4. The normalized spacial score (nSPS) is 13.5. The lowest BCUT2D eigenvalue weighted by Gasteiger charge is -2.34. The van der Waals surface area contributed by atoms with Gasteiger partial charge in [0.2, 0.25) is 0 Å². The van der Waals surface area contributed by atoms with Gasteiger partial charge in [0.25, 0.3) is 11.5 Å². The molecule has 0 atom stereocenters. The van der Waals surface area contributed by atoms with Gasteiger partial charge in [0.1, 0.15) is 5.75 Å². The summed E-state index contributed by atoms with van der Waals surface area (Å²) in [7, 11) is 0. The summed E-state index contributed by atoms with van der Waals surface area (Å²) in [6.07, 6.45) is 6.49. The number of rotatable bonds is 8. The molecule has 7 heteroatoms. The smallest absolute Gasteiger partial charge is 0.297 e. The first kappa shape index (κ1) is 22.6. The molecule has 0 saturated heterocycles. The minimum Gasteiger partial charge on any atom is -0.508 e. The summed E-state index contributed by atoms with van der Waals surface area (Å²) >= 11 is 0. The van der Waals surface area contributed by atoms with Crippen LogP contribution in [0.1, 0.15) is 61.0 Å². The van der Waals surface area contributed by atoms with Crippen LogP contribution in [0.3, 0.4) is 0 Å².